The maximum atomic E-state index is 13.0. The Balaban J connectivity index is 1.59. The average Bonchev–Trinajstić information content (AvgIpc) is 3.39. The van der Waals surface area contributed by atoms with Gasteiger partial charge in [0, 0.05) is 11.6 Å². The van der Waals surface area contributed by atoms with Crippen molar-refractivity contribution in [3.05, 3.63) is 84.8 Å². The fourth-order valence-corrected chi connectivity index (χ4v) is 4.64. The number of benzene rings is 2. The maximum absolute atomic E-state index is 13.0. The zero-order valence-corrected chi connectivity index (χ0v) is 18.0. The summed E-state index contributed by atoms with van der Waals surface area (Å²) in [6, 6.07) is 12.1. The van der Waals surface area contributed by atoms with E-state index in [0.717, 1.165) is 22.2 Å². The molecule has 0 saturated carbocycles. The van der Waals surface area contributed by atoms with Crippen LogP contribution < -0.4 is 10.1 Å². The molecule has 0 unspecified atom stereocenters. The summed E-state index contributed by atoms with van der Waals surface area (Å²) >= 11 is 7.24. The molecule has 0 fully saturated rings. The van der Waals surface area contributed by atoms with Gasteiger partial charge in [-0.1, -0.05) is 22.9 Å². The lowest BCUT2D eigenvalue weighted by Crippen LogP contribution is -2.22. The molecule has 6 nitrogen and oxygen atoms in total. The van der Waals surface area contributed by atoms with Crippen LogP contribution in [0.4, 0.5) is 0 Å². The van der Waals surface area contributed by atoms with Crippen LogP contribution in [0.5, 0.6) is 0 Å². The Labute approximate surface area is 184 Å². The summed E-state index contributed by atoms with van der Waals surface area (Å²) in [6.07, 6.45) is 1.67. The number of carboxylic acid groups (broad SMARTS) is 1. The normalized spacial score (nSPS) is 12.3. The van der Waals surface area contributed by atoms with Crippen molar-refractivity contribution in [2.45, 2.75) is 13.8 Å². The third-order valence-corrected chi connectivity index (χ3v) is 6.53. The van der Waals surface area contributed by atoms with Crippen LogP contribution in [0.15, 0.2) is 51.7 Å². The van der Waals surface area contributed by atoms with Gasteiger partial charge >= 0.3 is 5.97 Å². The number of furan rings is 1. The van der Waals surface area contributed by atoms with Gasteiger partial charge in [-0.05, 0) is 67.4 Å². The van der Waals surface area contributed by atoms with E-state index in [4.69, 9.17) is 16.0 Å². The quantitative estimate of drug-likeness (QED) is 0.431. The van der Waals surface area contributed by atoms with Crippen LogP contribution in [-0.2, 0) is 0 Å². The van der Waals surface area contributed by atoms with Crippen LogP contribution >= 0.6 is 22.9 Å². The number of imidazole rings is 1. The number of aromatic nitrogens is 2. The third kappa shape index (κ3) is 3.22. The minimum Gasteiger partial charge on any atom is -0.478 e. The van der Waals surface area contributed by atoms with Crippen molar-refractivity contribution < 1.29 is 14.3 Å². The first-order chi connectivity index (χ1) is 14.8. The number of thiazole rings is 1. The van der Waals surface area contributed by atoms with Crippen molar-refractivity contribution in [3.63, 3.8) is 0 Å². The molecule has 5 rings (SSSR count). The standard InChI is InChI=1S/C23H15ClN2O4S/c1-11-7-17-18(8-12(11)2)26-21(27)20(31-23(26)25-17)10-14-4-6-19(30-14)13-3-5-16(24)15(9-13)22(28)29/h3-10H,1-2H3,(H,28,29)/b20-10+. The molecule has 0 atom stereocenters. The number of carboxylic acids is 1. The van der Waals surface area contributed by atoms with Crippen molar-refractivity contribution in [1.29, 1.82) is 0 Å². The Morgan fingerprint density at radius 3 is 2.71 bits per heavy atom. The summed E-state index contributed by atoms with van der Waals surface area (Å²) in [5.41, 5.74) is 4.26. The van der Waals surface area contributed by atoms with Gasteiger partial charge in [-0.25, -0.2) is 14.2 Å². The number of aryl methyl sites for hydroxylation is 2. The zero-order chi connectivity index (χ0) is 21.9. The fourth-order valence-electron chi connectivity index (χ4n) is 3.48. The average molecular weight is 451 g/mol. The highest BCUT2D eigenvalue weighted by molar-refractivity contribution is 7.15. The minimum atomic E-state index is -1.11. The van der Waals surface area contributed by atoms with Gasteiger partial charge in [0.05, 0.1) is 21.6 Å². The summed E-state index contributed by atoms with van der Waals surface area (Å²) in [5, 5.41) is 9.42. The Bertz CT molecular complexity index is 1630. The van der Waals surface area contributed by atoms with Gasteiger partial charge in [0.2, 0.25) is 0 Å². The predicted octanol–water partition coefficient (Wildman–Crippen LogP) is 4.69. The van der Waals surface area contributed by atoms with Crippen LogP contribution in [0.2, 0.25) is 5.02 Å². The Morgan fingerprint density at radius 1 is 1.16 bits per heavy atom. The molecule has 31 heavy (non-hydrogen) atoms. The molecule has 3 aromatic heterocycles. The highest BCUT2D eigenvalue weighted by atomic mass is 35.5. The van der Waals surface area contributed by atoms with E-state index in [-0.39, 0.29) is 16.1 Å². The van der Waals surface area contributed by atoms with E-state index in [2.05, 4.69) is 4.98 Å². The zero-order valence-electron chi connectivity index (χ0n) is 16.5. The molecule has 5 aromatic rings. The smallest absolute Gasteiger partial charge is 0.337 e. The second-order valence-corrected chi connectivity index (χ2v) is 8.69. The van der Waals surface area contributed by atoms with Crippen molar-refractivity contribution in [1.82, 2.24) is 9.38 Å². The second-order valence-electron chi connectivity index (χ2n) is 7.27. The van der Waals surface area contributed by atoms with Crippen LogP contribution in [-0.4, -0.2) is 20.5 Å². The summed E-state index contributed by atoms with van der Waals surface area (Å²) in [5.74, 6) is -0.142. The topological polar surface area (TPSA) is 84.8 Å². The fraction of sp³-hybridized carbons (Fsp3) is 0.0870. The monoisotopic (exact) mass is 450 g/mol. The number of halogens is 1. The highest BCUT2D eigenvalue weighted by Gasteiger charge is 2.14. The summed E-state index contributed by atoms with van der Waals surface area (Å²) in [6.45, 7) is 4.03. The van der Waals surface area contributed by atoms with Crippen LogP contribution in [0.1, 0.15) is 27.2 Å². The Kier molecular flexibility index (Phi) is 4.46. The third-order valence-electron chi connectivity index (χ3n) is 5.24. The van der Waals surface area contributed by atoms with E-state index < -0.39 is 5.97 Å². The van der Waals surface area contributed by atoms with E-state index in [1.54, 1.807) is 28.7 Å². The molecule has 1 N–H and O–H groups in total. The van der Waals surface area contributed by atoms with Crippen molar-refractivity contribution >= 4 is 51.0 Å². The molecular formula is C23H15ClN2O4S. The number of rotatable bonds is 3. The largest absolute Gasteiger partial charge is 0.478 e. The molecule has 3 heterocycles. The number of fused-ring (bicyclic) bond motifs is 3. The number of hydrogen-bond acceptors (Lipinski definition) is 5. The van der Waals surface area contributed by atoms with Gasteiger partial charge < -0.3 is 9.52 Å². The van der Waals surface area contributed by atoms with Gasteiger partial charge in [-0.2, -0.15) is 0 Å². The SMILES string of the molecule is Cc1cc2nc3s/c(=C/c4ccc(-c5ccc(Cl)c(C(=O)O)c5)o4)c(=O)n3c2cc1C. The molecular weight excluding hydrogens is 436 g/mol. The molecule has 0 aliphatic carbocycles. The first-order valence-corrected chi connectivity index (χ1v) is 10.6. The predicted molar refractivity (Wildman–Crippen MR) is 121 cm³/mol. The molecule has 154 valence electrons. The maximum Gasteiger partial charge on any atom is 0.337 e. The molecule has 0 amide bonds. The van der Waals surface area contributed by atoms with E-state index in [0.29, 0.717) is 26.6 Å². The van der Waals surface area contributed by atoms with Gasteiger partial charge in [0.15, 0.2) is 4.96 Å². The summed E-state index contributed by atoms with van der Waals surface area (Å²) in [4.78, 5) is 29.6. The lowest BCUT2D eigenvalue weighted by molar-refractivity contribution is 0.0697. The molecule has 8 heteroatoms. The molecule has 0 aliphatic heterocycles. The van der Waals surface area contributed by atoms with Crippen LogP contribution in [0.3, 0.4) is 0 Å². The Morgan fingerprint density at radius 2 is 1.94 bits per heavy atom. The summed E-state index contributed by atoms with van der Waals surface area (Å²) < 4.78 is 7.98. The molecule has 0 bridgehead atoms. The van der Waals surface area contributed by atoms with Crippen LogP contribution in [0, 0.1) is 13.8 Å². The van der Waals surface area contributed by atoms with Crippen molar-refractivity contribution in [2.24, 2.45) is 0 Å². The van der Waals surface area contributed by atoms with Crippen molar-refractivity contribution in [3.8, 4) is 11.3 Å². The Hall–Kier alpha value is -3.42. The molecule has 0 spiro atoms. The summed E-state index contributed by atoms with van der Waals surface area (Å²) in [7, 11) is 0. The van der Waals surface area contributed by atoms with Gasteiger partial charge in [-0.15, -0.1) is 0 Å². The van der Waals surface area contributed by atoms with E-state index in [1.165, 1.54) is 23.5 Å². The number of hydrogen-bond donors (Lipinski definition) is 1. The lowest BCUT2D eigenvalue weighted by atomic mass is 10.1. The molecule has 0 saturated heterocycles. The minimum absolute atomic E-state index is 0.000158. The van der Waals surface area contributed by atoms with Gasteiger partial charge in [0.25, 0.3) is 5.56 Å². The van der Waals surface area contributed by atoms with Gasteiger partial charge in [0.1, 0.15) is 16.1 Å². The first-order valence-electron chi connectivity index (χ1n) is 9.39. The van der Waals surface area contributed by atoms with Gasteiger partial charge in [-0.3, -0.25) is 4.79 Å². The number of nitrogens with zero attached hydrogens (tertiary/aromatic N) is 2. The molecule has 2 aromatic carbocycles. The second kappa shape index (κ2) is 7.08. The van der Waals surface area contributed by atoms with Crippen LogP contribution in [0.25, 0.3) is 33.4 Å². The molecule has 0 aliphatic rings. The number of carbonyl (C=O) groups is 1. The lowest BCUT2D eigenvalue weighted by Gasteiger charge is -2.01. The van der Waals surface area contributed by atoms with E-state index in [9.17, 15) is 14.7 Å². The number of aromatic carboxylic acids is 1. The highest BCUT2D eigenvalue weighted by Crippen LogP contribution is 2.27. The van der Waals surface area contributed by atoms with E-state index in [1.807, 2.05) is 26.0 Å². The van der Waals surface area contributed by atoms with E-state index >= 15 is 0 Å². The molecule has 0 radical (unpaired) electrons. The van der Waals surface area contributed by atoms with Crippen molar-refractivity contribution in [2.75, 3.05) is 0 Å². The first kappa shape index (κ1) is 19.5.